The molecule has 1 unspecified atom stereocenters. The summed E-state index contributed by atoms with van der Waals surface area (Å²) in [6.45, 7) is 0.573. The molecule has 3 aromatic rings. The Morgan fingerprint density at radius 1 is 1.08 bits per heavy atom. The van der Waals surface area contributed by atoms with E-state index in [2.05, 4.69) is 27.4 Å². The third kappa shape index (κ3) is 3.08. The Bertz CT molecular complexity index is 901. The number of hydrogen-bond acceptors (Lipinski definition) is 3. The maximum absolute atomic E-state index is 12.1. The number of rotatable bonds is 3. The number of H-pyrrole nitrogens is 1. The summed E-state index contributed by atoms with van der Waals surface area (Å²) in [5.74, 6) is 0.0239. The molecule has 4 rings (SSSR count). The summed E-state index contributed by atoms with van der Waals surface area (Å²) < 4.78 is 0. The molecule has 1 aliphatic heterocycles. The highest BCUT2D eigenvalue weighted by atomic mass is 32.2. The molecule has 2 aromatic carbocycles. The molecule has 2 N–H and O–H groups in total. The maximum atomic E-state index is 12.1. The van der Waals surface area contributed by atoms with Crippen LogP contribution in [0.1, 0.15) is 22.8 Å². The van der Waals surface area contributed by atoms with Crippen LogP contribution in [0.5, 0.6) is 0 Å². The number of carbonyl (C=O) groups excluding carboxylic acids is 1. The van der Waals surface area contributed by atoms with E-state index in [-0.39, 0.29) is 11.2 Å². The number of aromatic amines is 1. The van der Waals surface area contributed by atoms with Gasteiger partial charge in [-0.15, -0.1) is 0 Å². The zero-order valence-corrected chi connectivity index (χ0v) is 13.8. The van der Waals surface area contributed by atoms with Gasteiger partial charge in [0.15, 0.2) is 5.17 Å². The predicted octanol–water partition coefficient (Wildman–Crippen LogP) is 4.02. The van der Waals surface area contributed by atoms with Crippen LogP contribution in [0.2, 0.25) is 0 Å². The van der Waals surface area contributed by atoms with Crippen molar-refractivity contribution < 1.29 is 4.79 Å². The number of amides is 1. The Hall–Kier alpha value is -2.53. The van der Waals surface area contributed by atoms with Crippen molar-refractivity contribution in [1.29, 1.82) is 0 Å². The first-order valence-corrected chi connectivity index (χ1v) is 8.78. The molecule has 1 amide bonds. The fourth-order valence-corrected chi connectivity index (χ4v) is 4.04. The number of carbonyl (C=O) groups is 1. The van der Waals surface area contributed by atoms with E-state index in [1.165, 1.54) is 5.39 Å². The van der Waals surface area contributed by atoms with Crippen molar-refractivity contribution in [3.8, 4) is 0 Å². The van der Waals surface area contributed by atoms with E-state index >= 15 is 0 Å². The van der Waals surface area contributed by atoms with Gasteiger partial charge in [-0.05, 0) is 17.2 Å². The molecular weight excluding hydrogens is 318 g/mol. The van der Waals surface area contributed by atoms with Crippen molar-refractivity contribution in [3.05, 3.63) is 71.9 Å². The molecule has 0 bridgehead atoms. The van der Waals surface area contributed by atoms with Gasteiger partial charge in [0.2, 0.25) is 5.91 Å². The van der Waals surface area contributed by atoms with Gasteiger partial charge in [0.1, 0.15) is 0 Å². The van der Waals surface area contributed by atoms with Gasteiger partial charge in [-0.1, -0.05) is 60.3 Å². The summed E-state index contributed by atoms with van der Waals surface area (Å²) in [4.78, 5) is 20.0. The first-order valence-electron chi connectivity index (χ1n) is 7.90. The molecule has 0 radical (unpaired) electrons. The minimum absolute atomic E-state index is 0.0239. The molecule has 2 heterocycles. The van der Waals surface area contributed by atoms with Crippen molar-refractivity contribution >= 4 is 33.7 Å². The van der Waals surface area contributed by atoms with E-state index in [0.717, 1.165) is 16.6 Å². The monoisotopic (exact) mass is 335 g/mol. The second-order valence-electron chi connectivity index (χ2n) is 5.76. The lowest BCUT2D eigenvalue weighted by atomic mass is 10.1. The summed E-state index contributed by atoms with van der Waals surface area (Å²) in [5.41, 5.74) is 3.40. The average Bonchev–Trinajstić information content (AvgIpc) is 3.05. The van der Waals surface area contributed by atoms with Crippen LogP contribution in [0.3, 0.4) is 0 Å². The minimum Gasteiger partial charge on any atom is -0.361 e. The Balaban J connectivity index is 1.58. The number of amidine groups is 1. The van der Waals surface area contributed by atoms with Crippen LogP contribution in [0, 0.1) is 0 Å². The van der Waals surface area contributed by atoms with Gasteiger partial charge in [0.05, 0.1) is 6.54 Å². The first kappa shape index (κ1) is 15.0. The van der Waals surface area contributed by atoms with Crippen LogP contribution >= 0.6 is 11.8 Å². The lowest BCUT2D eigenvalue weighted by Crippen LogP contribution is -2.34. The molecular formula is C19H17N3OS. The van der Waals surface area contributed by atoms with E-state index in [1.807, 2.05) is 48.7 Å². The Labute approximate surface area is 144 Å². The second kappa shape index (κ2) is 6.53. The number of benzene rings is 2. The van der Waals surface area contributed by atoms with Gasteiger partial charge in [-0.2, -0.15) is 0 Å². The van der Waals surface area contributed by atoms with Crippen LogP contribution < -0.4 is 5.32 Å². The first-order chi connectivity index (χ1) is 11.8. The van der Waals surface area contributed by atoms with E-state index in [1.54, 1.807) is 11.8 Å². The van der Waals surface area contributed by atoms with Crippen LogP contribution in [0.4, 0.5) is 0 Å². The topological polar surface area (TPSA) is 57.2 Å². The molecule has 24 heavy (non-hydrogen) atoms. The van der Waals surface area contributed by atoms with E-state index in [4.69, 9.17) is 0 Å². The number of para-hydroxylation sites is 1. The van der Waals surface area contributed by atoms with Gasteiger partial charge in [0, 0.05) is 28.8 Å². The van der Waals surface area contributed by atoms with Crippen LogP contribution in [0.15, 0.2) is 65.8 Å². The standard InChI is InChI=1S/C19H17N3OS/c23-18-10-17(15-12-20-16-9-5-4-8-14(15)16)24-19(22-18)21-11-13-6-2-1-3-7-13/h1-9,12,17,20H,10-11H2,(H,21,22,23). The van der Waals surface area contributed by atoms with Crippen LogP contribution in [0.25, 0.3) is 10.9 Å². The molecule has 0 aliphatic carbocycles. The quantitative estimate of drug-likeness (QED) is 0.759. The molecule has 5 heteroatoms. The summed E-state index contributed by atoms with van der Waals surface area (Å²) >= 11 is 1.63. The Kier molecular flexibility index (Phi) is 4.09. The van der Waals surface area contributed by atoms with Gasteiger partial charge < -0.3 is 10.3 Å². The summed E-state index contributed by atoms with van der Waals surface area (Å²) in [6.07, 6.45) is 2.48. The lowest BCUT2D eigenvalue weighted by molar-refractivity contribution is -0.119. The predicted molar refractivity (Wildman–Crippen MR) is 99.0 cm³/mol. The third-order valence-electron chi connectivity index (χ3n) is 4.09. The number of aromatic nitrogens is 1. The molecule has 1 fully saturated rings. The summed E-state index contributed by atoms with van der Waals surface area (Å²) in [5, 5.41) is 4.85. The number of nitrogens with one attached hydrogen (secondary N) is 2. The number of nitrogens with zero attached hydrogens (tertiary/aromatic N) is 1. The minimum atomic E-state index is 0.0239. The number of fused-ring (bicyclic) bond motifs is 1. The van der Waals surface area contributed by atoms with Crippen molar-refractivity contribution in [2.45, 2.75) is 18.2 Å². The highest BCUT2D eigenvalue weighted by molar-refractivity contribution is 8.14. The second-order valence-corrected chi connectivity index (χ2v) is 6.95. The zero-order chi connectivity index (χ0) is 16.4. The van der Waals surface area contributed by atoms with Crippen molar-refractivity contribution in [2.75, 3.05) is 0 Å². The number of hydrogen-bond donors (Lipinski definition) is 2. The van der Waals surface area contributed by atoms with Gasteiger partial charge in [-0.3, -0.25) is 9.79 Å². The highest BCUT2D eigenvalue weighted by Gasteiger charge is 2.27. The normalized spacial score (nSPS) is 19.6. The maximum Gasteiger partial charge on any atom is 0.227 e. The molecule has 0 spiro atoms. The zero-order valence-electron chi connectivity index (χ0n) is 13.0. The van der Waals surface area contributed by atoms with Crippen molar-refractivity contribution in [2.24, 2.45) is 4.99 Å². The molecule has 1 aromatic heterocycles. The van der Waals surface area contributed by atoms with Crippen LogP contribution in [-0.4, -0.2) is 16.1 Å². The van der Waals surface area contributed by atoms with E-state index < -0.39 is 0 Å². The van der Waals surface area contributed by atoms with Crippen molar-refractivity contribution in [3.63, 3.8) is 0 Å². The van der Waals surface area contributed by atoms with Crippen LogP contribution in [-0.2, 0) is 11.3 Å². The fraction of sp³-hybridized carbons (Fsp3) is 0.158. The van der Waals surface area contributed by atoms with Gasteiger partial charge >= 0.3 is 0 Å². The molecule has 120 valence electrons. The summed E-state index contributed by atoms with van der Waals surface area (Å²) in [6, 6.07) is 18.2. The third-order valence-corrected chi connectivity index (χ3v) is 5.25. The Morgan fingerprint density at radius 3 is 2.75 bits per heavy atom. The van der Waals surface area contributed by atoms with Gasteiger partial charge in [-0.25, -0.2) is 0 Å². The van der Waals surface area contributed by atoms with E-state index in [9.17, 15) is 4.79 Å². The van der Waals surface area contributed by atoms with Gasteiger partial charge in [0.25, 0.3) is 0 Å². The molecule has 1 saturated heterocycles. The average molecular weight is 335 g/mol. The molecule has 1 aliphatic rings. The van der Waals surface area contributed by atoms with E-state index in [0.29, 0.717) is 18.1 Å². The number of thioether (sulfide) groups is 1. The highest BCUT2D eigenvalue weighted by Crippen LogP contribution is 2.38. The Morgan fingerprint density at radius 2 is 1.88 bits per heavy atom. The SMILES string of the molecule is O=C1CC(c2c[nH]c3ccccc23)SC(=NCc2ccccc2)N1. The molecule has 1 atom stereocenters. The lowest BCUT2D eigenvalue weighted by Gasteiger charge is -2.22. The summed E-state index contributed by atoms with van der Waals surface area (Å²) in [7, 11) is 0. The largest absolute Gasteiger partial charge is 0.361 e. The molecule has 4 nitrogen and oxygen atoms in total. The van der Waals surface area contributed by atoms with Crippen molar-refractivity contribution in [1.82, 2.24) is 10.3 Å². The number of aliphatic imine (C=N–C) groups is 1. The fourth-order valence-electron chi connectivity index (χ4n) is 2.90. The molecule has 0 saturated carbocycles. The smallest absolute Gasteiger partial charge is 0.227 e.